The predicted molar refractivity (Wildman–Crippen MR) is 231 cm³/mol. The molecular formula is C51H33N3S. The highest BCUT2D eigenvalue weighted by molar-refractivity contribution is 7.26. The molecule has 10 aromatic rings. The molecule has 8 aromatic carbocycles. The lowest BCUT2D eigenvalue weighted by Gasteiger charge is -2.12. The molecule has 0 spiro atoms. The van der Waals surface area contributed by atoms with E-state index in [-0.39, 0.29) is 22.3 Å². The van der Waals surface area contributed by atoms with Crippen molar-refractivity contribution in [3.8, 4) is 78.7 Å². The first kappa shape index (κ1) is 23.6. The van der Waals surface area contributed by atoms with Gasteiger partial charge in [-0.3, -0.25) is 0 Å². The average molecular weight is 730 g/mol. The number of aromatic nitrogens is 3. The highest BCUT2D eigenvalue weighted by atomic mass is 32.1. The Morgan fingerprint density at radius 1 is 0.345 bits per heavy atom. The second-order valence-corrected chi connectivity index (χ2v) is 14.0. The summed E-state index contributed by atoms with van der Waals surface area (Å²) in [7, 11) is 0. The van der Waals surface area contributed by atoms with Crippen LogP contribution in [0.3, 0.4) is 0 Å². The van der Waals surface area contributed by atoms with Crippen molar-refractivity contribution in [1.29, 1.82) is 0 Å². The van der Waals surface area contributed by atoms with Crippen LogP contribution < -0.4 is 0 Å². The summed E-state index contributed by atoms with van der Waals surface area (Å²) in [6.07, 6.45) is 0. The van der Waals surface area contributed by atoms with Crippen molar-refractivity contribution in [3.63, 3.8) is 0 Å². The standard InChI is InChI=1S/C51H33N3S/c1-5-15-34(16-6-1)41-30-42(35-17-7-2-8-18-35)32-43(31-41)39-24-13-23-38(29-39)40-27-28-46-45(33-40)48-44(25-14-26-47(48)55-46)51-53-49(36-19-9-3-10-20-36)52-50(54-51)37-21-11-4-12-22-37/h1-33H/i1D,2D,5D,6D,7D,8D,15D,16D,17D,18D. The SMILES string of the molecule is [2H]c1c([2H])c([2H])c(-c2cc(-c3cccc(-c4ccc5sc6cccc(-c7nc(-c8ccccc8)nc(-c8ccccc8)n7)c6c5c4)c3)cc(-c3c([2H])c([2H])c([2H])c([2H])c3[2H])c2)c([2H])c1[2H]. The fraction of sp³-hybridized carbons (Fsp3) is 0. The van der Waals surface area contributed by atoms with Crippen LogP contribution in [0.4, 0.5) is 0 Å². The number of nitrogens with zero attached hydrogens (tertiary/aromatic N) is 3. The minimum absolute atomic E-state index is 0.0711. The Kier molecular flexibility index (Phi) is 6.05. The largest absolute Gasteiger partial charge is 0.208 e. The van der Waals surface area contributed by atoms with Crippen LogP contribution in [0.15, 0.2) is 200 Å². The summed E-state index contributed by atoms with van der Waals surface area (Å²) in [5, 5.41) is 2.02. The second-order valence-electron chi connectivity index (χ2n) is 12.9. The molecule has 0 aliphatic carbocycles. The van der Waals surface area contributed by atoms with E-state index in [0.717, 1.165) is 48.0 Å². The Bertz CT molecular complexity index is 3360. The summed E-state index contributed by atoms with van der Waals surface area (Å²) in [6.45, 7) is 0. The van der Waals surface area contributed by atoms with Crippen molar-refractivity contribution >= 4 is 31.5 Å². The molecule has 4 heteroatoms. The Morgan fingerprint density at radius 2 is 0.818 bits per heavy atom. The summed E-state index contributed by atoms with van der Waals surface area (Å²) in [5.74, 6) is 1.67. The van der Waals surface area contributed by atoms with Crippen LogP contribution in [0.25, 0.3) is 98.8 Å². The van der Waals surface area contributed by atoms with E-state index >= 15 is 0 Å². The molecule has 2 heterocycles. The average Bonchev–Trinajstić information content (AvgIpc) is 3.73. The molecular weight excluding hydrogens is 687 g/mol. The van der Waals surface area contributed by atoms with Gasteiger partial charge in [-0.15, -0.1) is 11.3 Å². The number of rotatable bonds is 7. The van der Waals surface area contributed by atoms with Gasteiger partial charge >= 0.3 is 0 Å². The summed E-state index contributed by atoms with van der Waals surface area (Å²) in [4.78, 5) is 15.0. The first-order valence-electron chi connectivity index (χ1n) is 22.6. The maximum absolute atomic E-state index is 8.79. The number of benzene rings is 8. The van der Waals surface area contributed by atoms with Crippen molar-refractivity contribution < 1.29 is 13.7 Å². The van der Waals surface area contributed by atoms with E-state index in [0.29, 0.717) is 28.6 Å². The molecule has 0 radical (unpaired) electrons. The fourth-order valence-electron chi connectivity index (χ4n) is 6.87. The molecule has 0 saturated carbocycles. The third-order valence-corrected chi connectivity index (χ3v) is 10.6. The molecule has 0 bridgehead atoms. The van der Waals surface area contributed by atoms with Crippen molar-refractivity contribution in [1.82, 2.24) is 15.0 Å². The molecule has 0 unspecified atom stereocenters. The molecule has 3 nitrogen and oxygen atoms in total. The van der Waals surface area contributed by atoms with Gasteiger partial charge in [0, 0.05) is 36.9 Å². The summed E-state index contributed by atoms with van der Waals surface area (Å²) < 4.78 is 87.2. The minimum atomic E-state index is -0.539. The van der Waals surface area contributed by atoms with Crippen LogP contribution in [0.5, 0.6) is 0 Å². The van der Waals surface area contributed by atoms with Gasteiger partial charge in [-0.05, 0) is 87.0 Å². The van der Waals surface area contributed by atoms with Gasteiger partial charge in [0.05, 0.1) is 13.7 Å². The normalized spacial score (nSPS) is 13.8. The molecule has 2 aromatic heterocycles. The zero-order valence-electron chi connectivity index (χ0n) is 39.0. The van der Waals surface area contributed by atoms with E-state index in [1.807, 2.05) is 97.1 Å². The van der Waals surface area contributed by atoms with Crippen molar-refractivity contribution in [2.45, 2.75) is 0 Å². The lowest BCUT2D eigenvalue weighted by Crippen LogP contribution is -2.00. The van der Waals surface area contributed by atoms with E-state index in [9.17, 15) is 0 Å². The number of thiophene rings is 1. The van der Waals surface area contributed by atoms with Gasteiger partial charge < -0.3 is 0 Å². The molecule has 0 aliphatic rings. The van der Waals surface area contributed by atoms with Crippen LogP contribution in [0.1, 0.15) is 13.7 Å². The summed E-state index contributed by atoms with van der Waals surface area (Å²) in [6, 6.07) is 40.0. The van der Waals surface area contributed by atoms with Gasteiger partial charge in [-0.2, -0.15) is 0 Å². The zero-order valence-corrected chi connectivity index (χ0v) is 29.8. The van der Waals surface area contributed by atoms with Gasteiger partial charge in [0.25, 0.3) is 0 Å². The second kappa shape index (κ2) is 14.1. The molecule has 0 fully saturated rings. The van der Waals surface area contributed by atoms with E-state index in [2.05, 4.69) is 24.3 Å². The Balaban J connectivity index is 1.14. The molecule has 55 heavy (non-hydrogen) atoms. The minimum Gasteiger partial charge on any atom is -0.208 e. The topological polar surface area (TPSA) is 38.7 Å². The first-order valence-corrected chi connectivity index (χ1v) is 18.4. The van der Waals surface area contributed by atoms with Crippen LogP contribution in [-0.4, -0.2) is 15.0 Å². The monoisotopic (exact) mass is 729 g/mol. The Morgan fingerprint density at radius 3 is 1.42 bits per heavy atom. The molecule has 0 atom stereocenters. The van der Waals surface area contributed by atoms with Gasteiger partial charge in [0.2, 0.25) is 0 Å². The smallest absolute Gasteiger partial charge is 0.164 e. The molecule has 0 aliphatic heterocycles. The summed E-state index contributed by atoms with van der Waals surface area (Å²) >= 11 is 1.68. The molecule has 0 N–H and O–H groups in total. The lowest BCUT2D eigenvalue weighted by molar-refractivity contribution is 1.08. The van der Waals surface area contributed by atoms with Crippen molar-refractivity contribution in [3.05, 3.63) is 200 Å². The van der Waals surface area contributed by atoms with E-state index in [4.69, 9.17) is 28.7 Å². The molecule has 258 valence electrons. The van der Waals surface area contributed by atoms with E-state index in [1.54, 1.807) is 23.5 Å². The van der Waals surface area contributed by atoms with Crippen LogP contribution in [0.2, 0.25) is 0 Å². The van der Waals surface area contributed by atoms with Crippen molar-refractivity contribution in [2.75, 3.05) is 0 Å². The third-order valence-electron chi connectivity index (χ3n) is 9.47. The van der Waals surface area contributed by atoms with Crippen LogP contribution in [0, 0.1) is 0 Å². The van der Waals surface area contributed by atoms with Gasteiger partial charge in [0.15, 0.2) is 17.5 Å². The van der Waals surface area contributed by atoms with Crippen LogP contribution >= 0.6 is 11.3 Å². The predicted octanol–water partition coefficient (Wildman–Crippen LogP) is 13.9. The highest BCUT2D eigenvalue weighted by Crippen LogP contribution is 2.42. The lowest BCUT2D eigenvalue weighted by atomic mass is 9.92. The van der Waals surface area contributed by atoms with Crippen LogP contribution in [-0.2, 0) is 0 Å². The number of hydrogen-bond donors (Lipinski definition) is 0. The Hall–Kier alpha value is -7.01. The van der Waals surface area contributed by atoms with E-state index < -0.39 is 60.4 Å². The quantitative estimate of drug-likeness (QED) is 0.164. The van der Waals surface area contributed by atoms with Crippen molar-refractivity contribution in [2.24, 2.45) is 0 Å². The molecule has 0 saturated heterocycles. The molecule has 0 amide bonds. The fourth-order valence-corrected chi connectivity index (χ4v) is 7.98. The Labute approximate surface area is 338 Å². The van der Waals surface area contributed by atoms with Gasteiger partial charge in [-0.1, -0.05) is 157 Å². The maximum Gasteiger partial charge on any atom is 0.164 e. The molecule has 10 rings (SSSR count). The zero-order chi connectivity index (χ0) is 45.3. The highest BCUT2D eigenvalue weighted by Gasteiger charge is 2.18. The number of hydrogen-bond acceptors (Lipinski definition) is 4. The number of fused-ring (bicyclic) bond motifs is 3. The summed E-state index contributed by atoms with van der Waals surface area (Å²) in [5.41, 5.74) is 5.92. The van der Waals surface area contributed by atoms with Gasteiger partial charge in [0.1, 0.15) is 0 Å². The maximum atomic E-state index is 8.79. The van der Waals surface area contributed by atoms with Gasteiger partial charge in [-0.25, -0.2) is 15.0 Å². The first-order chi connectivity index (χ1) is 31.4. The van der Waals surface area contributed by atoms with E-state index in [1.165, 1.54) is 6.07 Å². The third kappa shape index (κ3) is 6.39.